The highest BCUT2D eigenvalue weighted by atomic mass is 35.5. The summed E-state index contributed by atoms with van der Waals surface area (Å²) in [6, 6.07) is 1.67. The predicted molar refractivity (Wildman–Crippen MR) is 59.9 cm³/mol. The Morgan fingerprint density at radius 1 is 1.60 bits per heavy atom. The molecule has 0 fully saturated rings. The summed E-state index contributed by atoms with van der Waals surface area (Å²) in [4.78, 5) is 14.6. The Hall–Kier alpha value is -1.06. The molecule has 1 rings (SSSR count). The van der Waals surface area contributed by atoms with Gasteiger partial charge in [0.25, 0.3) is 0 Å². The lowest BCUT2D eigenvalue weighted by Gasteiger charge is -1.96. The lowest BCUT2D eigenvalue weighted by atomic mass is 10.2. The van der Waals surface area contributed by atoms with Crippen molar-refractivity contribution >= 4 is 35.2 Å². The van der Waals surface area contributed by atoms with Crippen LogP contribution in [0.3, 0.4) is 0 Å². The molecule has 0 N–H and O–H groups in total. The summed E-state index contributed by atoms with van der Waals surface area (Å²) in [6.07, 6.45) is 5.19. The second-order valence-corrected chi connectivity index (χ2v) is 3.49. The van der Waals surface area contributed by atoms with E-state index >= 15 is 0 Å². The van der Waals surface area contributed by atoms with Crippen LogP contribution in [0.25, 0.3) is 6.08 Å². The summed E-state index contributed by atoms with van der Waals surface area (Å²) in [5, 5.41) is 0.652. The second-order valence-electron chi connectivity index (χ2n) is 2.72. The van der Waals surface area contributed by atoms with Gasteiger partial charge in [-0.25, -0.2) is 4.98 Å². The molecule has 0 saturated carbocycles. The zero-order valence-corrected chi connectivity index (χ0v) is 9.55. The Morgan fingerprint density at radius 2 is 2.33 bits per heavy atom. The SMILES string of the molecule is COC(=O)CC=Cc1cnc(Cl)c(Cl)c1. The van der Waals surface area contributed by atoms with Crippen molar-refractivity contribution in [1.29, 1.82) is 0 Å². The van der Waals surface area contributed by atoms with Crippen LogP contribution < -0.4 is 0 Å². The summed E-state index contributed by atoms with van der Waals surface area (Å²) in [7, 11) is 1.34. The van der Waals surface area contributed by atoms with E-state index in [1.54, 1.807) is 24.4 Å². The molecule has 1 heterocycles. The Balaban J connectivity index is 2.65. The van der Waals surface area contributed by atoms with Gasteiger partial charge in [-0.1, -0.05) is 35.4 Å². The van der Waals surface area contributed by atoms with Gasteiger partial charge in [0.1, 0.15) is 5.15 Å². The van der Waals surface area contributed by atoms with Crippen LogP contribution >= 0.6 is 23.2 Å². The second kappa shape index (κ2) is 5.73. The van der Waals surface area contributed by atoms with Crippen LogP contribution in [0.5, 0.6) is 0 Å². The zero-order chi connectivity index (χ0) is 11.3. The number of rotatable bonds is 3. The smallest absolute Gasteiger partial charge is 0.309 e. The van der Waals surface area contributed by atoms with Gasteiger partial charge in [-0.3, -0.25) is 4.79 Å². The van der Waals surface area contributed by atoms with Crippen LogP contribution in [0, 0.1) is 0 Å². The average Bonchev–Trinajstić information content (AvgIpc) is 2.23. The number of carbonyl (C=O) groups excluding carboxylic acids is 1. The normalized spacial score (nSPS) is 10.6. The van der Waals surface area contributed by atoms with Crippen molar-refractivity contribution in [3.05, 3.63) is 34.1 Å². The van der Waals surface area contributed by atoms with Crippen LogP contribution in [0.1, 0.15) is 12.0 Å². The number of carbonyl (C=O) groups is 1. The third-order valence-corrected chi connectivity index (χ3v) is 2.33. The van der Waals surface area contributed by atoms with E-state index in [4.69, 9.17) is 23.2 Å². The molecule has 15 heavy (non-hydrogen) atoms. The summed E-state index contributed by atoms with van der Waals surface area (Å²) in [5.41, 5.74) is 0.785. The molecule has 0 atom stereocenters. The molecular weight excluding hydrogens is 237 g/mol. The van der Waals surface area contributed by atoms with Gasteiger partial charge in [-0.15, -0.1) is 0 Å². The fourth-order valence-corrected chi connectivity index (χ4v) is 1.18. The number of pyridine rings is 1. The number of hydrogen-bond donors (Lipinski definition) is 0. The molecule has 1 aromatic rings. The Morgan fingerprint density at radius 3 is 2.93 bits per heavy atom. The highest BCUT2D eigenvalue weighted by molar-refractivity contribution is 6.41. The first-order valence-corrected chi connectivity index (χ1v) is 4.93. The largest absolute Gasteiger partial charge is 0.469 e. The third-order valence-electron chi connectivity index (χ3n) is 1.64. The van der Waals surface area contributed by atoms with Crippen LogP contribution in [0.4, 0.5) is 0 Å². The molecule has 0 aromatic carbocycles. The maximum atomic E-state index is 10.8. The molecule has 0 spiro atoms. The van der Waals surface area contributed by atoms with Gasteiger partial charge < -0.3 is 4.74 Å². The molecule has 0 aliphatic carbocycles. The Bertz CT molecular complexity index is 391. The number of esters is 1. The first-order valence-electron chi connectivity index (χ1n) is 4.18. The molecule has 80 valence electrons. The minimum absolute atomic E-state index is 0.219. The molecule has 0 aliphatic heterocycles. The van der Waals surface area contributed by atoms with Gasteiger partial charge in [0.05, 0.1) is 18.6 Å². The highest BCUT2D eigenvalue weighted by Crippen LogP contribution is 2.20. The van der Waals surface area contributed by atoms with E-state index in [2.05, 4.69) is 9.72 Å². The van der Waals surface area contributed by atoms with E-state index in [9.17, 15) is 4.79 Å². The van der Waals surface area contributed by atoms with Crippen molar-refractivity contribution in [3.63, 3.8) is 0 Å². The summed E-state index contributed by atoms with van der Waals surface area (Å²) < 4.78 is 4.48. The quantitative estimate of drug-likeness (QED) is 0.608. The monoisotopic (exact) mass is 245 g/mol. The Labute approximate surface area is 97.7 Å². The highest BCUT2D eigenvalue weighted by Gasteiger charge is 1.99. The van der Waals surface area contributed by atoms with Gasteiger partial charge in [0.2, 0.25) is 0 Å². The number of aromatic nitrogens is 1. The number of ether oxygens (including phenoxy) is 1. The Kier molecular flexibility index (Phi) is 4.59. The van der Waals surface area contributed by atoms with E-state index in [0.29, 0.717) is 5.02 Å². The standard InChI is InChI=1S/C10H9Cl2NO2/c1-15-9(14)4-2-3-7-5-8(11)10(12)13-6-7/h2-3,5-6H,4H2,1H3. The van der Waals surface area contributed by atoms with Gasteiger partial charge in [0.15, 0.2) is 0 Å². The van der Waals surface area contributed by atoms with Crippen LogP contribution in [-0.2, 0) is 9.53 Å². The lowest BCUT2D eigenvalue weighted by molar-refractivity contribution is -0.139. The van der Waals surface area contributed by atoms with Crippen LogP contribution in [0.15, 0.2) is 18.3 Å². The molecule has 0 aliphatic rings. The molecular formula is C10H9Cl2NO2. The van der Waals surface area contributed by atoms with Gasteiger partial charge in [0, 0.05) is 6.20 Å². The fraction of sp³-hybridized carbons (Fsp3) is 0.200. The number of nitrogens with zero attached hydrogens (tertiary/aromatic N) is 1. The average molecular weight is 246 g/mol. The van der Waals surface area contributed by atoms with Crippen molar-refractivity contribution in [1.82, 2.24) is 4.98 Å². The molecule has 1 aromatic heterocycles. The third kappa shape index (κ3) is 3.90. The first kappa shape index (κ1) is 12.0. The predicted octanol–water partition coefficient (Wildman–Crippen LogP) is 2.96. The molecule has 0 amide bonds. The van der Waals surface area contributed by atoms with Crippen molar-refractivity contribution in [3.8, 4) is 0 Å². The van der Waals surface area contributed by atoms with Crippen LogP contribution in [0.2, 0.25) is 10.2 Å². The van der Waals surface area contributed by atoms with Gasteiger partial charge in [-0.05, 0) is 11.6 Å². The summed E-state index contributed by atoms with van der Waals surface area (Å²) in [5.74, 6) is -0.292. The maximum absolute atomic E-state index is 10.8. The maximum Gasteiger partial charge on any atom is 0.309 e. The molecule has 0 saturated heterocycles. The molecule has 5 heteroatoms. The van der Waals surface area contributed by atoms with Crippen molar-refractivity contribution in [2.45, 2.75) is 6.42 Å². The summed E-state index contributed by atoms with van der Waals surface area (Å²) in [6.45, 7) is 0. The van der Waals surface area contributed by atoms with Crippen LogP contribution in [-0.4, -0.2) is 18.1 Å². The van der Waals surface area contributed by atoms with Crippen molar-refractivity contribution < 1.29 is 9.53 Å². The van der Waals surface area contributed by atoms with E-state index in [1.807, 2.05) is 0 Å². The zero-order valence-electron chi connectivity index (χ0n) is 8.04. The number of methoxy groups -OCH3 is 1. The fourth-order valence-electron chi connectivity index (χ4n) is 0.902. The van der Waals surface area contributed by atoms with E-state index in [-0.39, 0.29) is 17.5 Å². The molecule has 3 nitrogen and oxygen atoms in total. The number of hydrogen-bond acceptors (Lipinski definition) is 3. The molecule has 0 bridgehead atoms. The number of halogens is 2. The van der Waals surface area contributed by atoms with Crippen molar-refractivity contribution in [2.24, 2.45) is 0 Å². The van der Waals surface area contributed by atoms with E-state index in [1.165, 1.54) is 7.11 Å². The van der Waals surface area contributed by atoms with Crippen molar-refractivity contribution in [2.75, 3.05) is 7.11 Å². The minimum Gasteiger partial charge on any atom is -0.469 e. The molecule has 0 unspecified atom stereocenters. The topological polar surface area (TPSA) is 39.2 Å². The first-order chi connectivity index (χ1) is 7.13. The van der Waals surface area contributed by atoms with E-state index < -0.39 is 0 Å². The summed E-state index contributed by atoms with van der Waals surface area (Å²) >= 11 is 11.4. The lowest BCUT2D eigenvalue weighted by Crippen LogP contribution is -1.96. The molecule has 0 radical (unpaired) electrons. The van der Waals surface area contributed by atoms with Gasteiger partial charge >= 0.3 is 5.97 Å². The minimum atomic E-state index is -0.292. The van der Waals surface area contributed by atoms with E-state index in [0.717, 1.165) is 5.56 Å². The van der Waals surface area contributed by atoms with Gasteiger partial charge in [-0.2, -0.15) is 0 Å².